The Morgan fingerprint density at radius 1 is 0.846 bits per heavy atom. The lowest BCUT2D eigenvalue weighted by Crippen LogP contribution is -2.10. The number of aryl methyl sites for hydroxylation is 2. The number of rotatable bonds is 2. The van der Waals surface area contributed by atoms with Gasteiger partial charge >= 0.3 is 0 Å². The van der Waals surface area contributed by atoms with Crippen LogP contribution in [0.3, 0.4) is 0 Å². The predicted octanol–water partition coefficient (Wildman–Crippen LogP) is 4.33. The molecule has 0 bridgehead atoms. The number of hydrogen-bond donors (Lipinski definition) is 1. The smallest absolute Gasteiger partial charge is 0.248 e. The number of aromatic nitrogens is 2. The van der Waals surface area contributed by atoms with Gasteiger partial charge in [0.2, 0.25) is 5.91 Å². The largest absolute Gasteiger partial charge is 0.366 e. The summed E-state index contributed by atoms with van der Waals surface area (Å²) in [5.41, 5.74) is 10.2. The van der Waals surface area contributed by atoms with Crippen LogP contribution >= 0.6 is 0 Å². The average molecular weight is 343 g/mol. The Bertz CT molecular complexity index is 1020. The molecule has 26 heavy (non-hydrogen) atoms. The fourth-order valence-corrected chi connectivity index (χ4v) is 2.72. The third-order valence-corrected chi connectivity index (χ3v) is 4.29. The van der Waals surface area contributed by atoms with Crippen LogP contribution in [0.4, 0.5) is 0 Å². The third-order valence-electron chi connectivity index (χ3n) is 4.29. The Morgan fingerprint density at radius 3 is 2.04 bits per heavy atom. The van der Waals surface area contributed by atoms with Crippen LogP contribution in [0.5, 0.6) is 0 Å². The Labute approximate surface area is 152 Å². The van der Waals surface area contributed by atoms with Gasteiger partial charge in [-0.15, -0.1) is 0 Å². The summed E-state index contributed by atoms with van der Waals surface area (Å²) in [5.74, 6) is 0.667. The van der Waals surface area contributed by atoms with Gasteiger partial charge in [0.1, 0.15) is 5.82 Å². The minimum absolute atomic E-state index is 0.394. The van der Waals surface area contributed by atoms with Crippen molar-refractivity contribution in [3.8, 4) is 11.1 Å². The van der Waals surface area contributed by atoms with Gasteiger partial charge in [-0.05, 0) is 42.3 Å². The Hall–Kier alpha value is -3.40. The van der Waals surface area contributed by atoms with Crippen LogP contribution in [0.2, 0.25) is 0 Å². The van der Waals surface area contributed by atoms with Crippen LogP contribution < -0.4 is 5.73 Å². The molecule has 4 nitrogen and oxygen atoms in total. The summed E-state index contributed by atoms with van der Waals surface area (Å²) in [4.78, 5) is 15.2. The number of benzene rings is 3. The summed E-state index contributed by atoms with van der Waals surface area (Å²) in [6, 6.07) is 25.4. The van der Waals surface area contributed by atoms with Gasteiger partial charge in [0.05, 0.1) is 11.0 Å². The number of fused-ring (bicyclic) bond motifs is 1. The van der Waals surface area contributed by atoms with E-state index in [4.69, 9.17) is 5.73 Å². The number of para-hydroxylation sites is 2. The lowest BCUT2D eigenvalue weighted by molar-refractivity contribution is 0.100. The zero-order valence-electron chi connectivity index (χ0n) is 14.9. The Balaban J connectivity index is 0.000000158. The topological polar surface area (TPSA) is 60.9 Å². The second kappa shape index (κ2) is 7.66. The van der Waals surface area contributed by atoms with E-state index in [0.717, 1.165) is 22.5 Å². The molecule has 4 aromatic rings. The van der Waals surface area contributed by atoms with Crippen LogP contribution in [0.25, 0.3) is 22.2 Å². The quantitative estimate of drug-likeness (QED) is 0.589. The van der Waals surface area contributed by atoms with Crippen molar-refractivity contribution < 1.29 is 4.79 Å². The van der Waals surface area contributed by atoms with Crippen molar-refractivity contribution >= 4 is 16.9 Å². The second-order valence-electron chi connectivity index (χ2n) is 6.01. The summed E-state index contributed by atoms with van der Waals surface area (Å²) in [5, 5.41) is 0. The summed E-state index contributed by atoms with van der Waals surface area (Å²) in [7, 11) is 2.03. The number of nitrogens with two attached hydrogens (primary N) is 1. The lowest BCUT2D eigenvalue weighted by Gasteiger charge is -2.01. The summed E-state index contributed by atoms with van der Waals surface area (Å²) < 4.78 is 2.09. The highest BCUT2D eigenvalue weighted by molar-refractivity contribution is 5.93. The summed E-state index contributed by atoms with van der Waals surface area (Å²) >= 11 is 0. The molecule has 0 radical (unpaired) electrons. The van der Waals surface area contributed by atoms with Crippen LogP contribution in [-0.2, 0) is 7.05 Å². The molecule has 0 unspecified atom stereocenters. The molecular formula is C22H21N3O. The predicted molar refractivity (Wildman–Crippen MR) is 106 cm³/mol. The van der Waals surface area contributed by atoms with Gasteiger partial charge in [-0.1, -0.05) is 54.6 Å². The maximum Gasteiger partial charge on any atom is 0.248 e. The zero-order valence-corrected chi connectivity index (χ0v) is 14.9. The molecule has 4 heteroatoms. The highest BCUT2D eigenvalue weighted by Gasteiger charge is 2.01. The number of primary amides is 1. The zero-order chi connectivity index (χ0) is 18.5. The number of hydrogen-bond acceptors (Lipinski definition) is 2. The molecule has 0 aliphatic rings. The molecule has 1 heterocycles. The first-order valence-electron chi connectivity index (χ1n) is 8.39. The highest BCUT2D eigenvalue weighted by Crippen LogP contribution is 2.18. The molecule has 3 aromatic carbocycles. The van der Waals surface area contributed by atoms with Gasteiger partial charge in [0.25, 0.3) is 0 Å². The molecule has 4 rings (SSSR count). The van der Waals surface area contributed by atoms with Crippen molar-refractivity contribution in [3.05, 3.63) is 90.3 Å². The molecule has 0 aliphatic heterocycles. The van der Waals surface area contributed by atoms with Crippen LogP contribution in [0.15, 0.2) is 78.9 Å². The van der Waals surface area contributed by atoms with E-state index in [1.165, 1.54) is 5.52 Å². The molecule has 1 aromatic heterocycles. The lowest BCUT2D eigenvalue weighted by atomic mass is 10.0. The van der Waals surface area contributed by atoms with Crippen molar-refractivity contribution in [2.24, 2.45) is 12.8 Å². The van der Waals surface area contributed by atoms with Crippen molar-refractivity contribution in [1.82, 2.24) is 9.55 Å². The van der Waals surface area contributed by atoms with Crippen molar-refractivity contribution in [3.63, 3.8) is 0 Å². The van der Waals surface area contributed by atoms with Gasteiger partial charge in [-0.2, -0.15) is 0 Å². The summed E-state index contributed by atoms with van der Waals surface area (Å²) in [6.07, 6.45) is 0. The van der Waals surface area contributed by atoms with E-state index >= 15 is 0 Å². The second-order valence-corrected chi connectivity index (χ2v) is 6.01. The Morgan fingerprint density at radius 2 is 1.42 bits per heavy atom. The molecule has 1 amide bonds. The van der Waals surface area contributed by atoms with Crippen LogP contribution in [-0.4, -0.2) is 15.5 Å². The minimum atomic E-state index is -0.394. The van der Waals surface area contributed by atoms with E-state index in [1.807, 2.05) is 74.6 Å². The Kier molecular flexibility index (Phi) is 5.13. The van der Waals surface area contributed by atoms with Gasteiger partial charge in [-0.25, -0.2) is 4.98 Å². The first-order chi connectivity index (χ1) is 12.6. The van der Waals surface area contributed by atoms with Crippen molar-refractivity contribution in [1.29, 1.82) is 0 Å². The molecule has 0 atom stereocenters. The van der Waals surface area contributed by atoms with E-state index in [-0.39, 0.29) is 0 Å². The monoisotopic (exact) mass is 343 g/mol. The van der Waals surface area contributed by atoms with Crippen LogP contribution in [0, 0.1) is 6.92 Å². The molecule has 0 saturated heterocycles. The standard InChI is InChI=1S/C13H11NO.C9H10N2/c14-13(15)12-8-6-11(7-9-12)10-4-2-1-3-5-10;1-7-10-8-5-3-4-6-9(8)11(7)2/h1-9H,(H2,14,15);3-6H,1-2H3. The molecule has 0 fully saturated rings. The summed E-state index contributed by atoms with van der Waals surface area (Å²) in [6.45, 7) is 2.01. The molecule has 0 aliphatic carbocycles. The van der Waals surface area contributed by atoms with Crippen molar-refractivity contribution in [2.45, 2.75) is 6.92 Å². The fraction of sp³-hybridized carbons (Fsp3) is 0.0909. The molecule has 2 N–H and O–H groups in total. The van der Waals surface area contributed by atoms with E-state index < -0.39 is 5.91 Å². The highest BCUT2D eigenvalue weighted by atomic mass is 16.1. The van der Waals surface area contributed by atoms with E-state index in [1.54, 1.807) is 12.1 Å². The third kappa shape index (κ3) is 3.81. The average Bonchev–Trinajstić information content (AvgIpc) is 2.97. The number of nitrogens with zero attached hydrogens (tertiary/aromatic N) is 2. The van der Waals surface area contributed by atoms with E-state index in [2.05, 4.69) is 15.6 Å². The fourth-order valence-electron chi connectivity index (χ4n) is 2.72. The molecule has 130 valence electrons. The molecule has 0 spiro atoms. The minimum Gasteiger partial charge on any atom is -0.366 e. The van der Waals surface area contributed by atoms with Crippen LogP contribution in [0.1, 0.15) is 16.2 Å². The van der Waals surface area contributed by atoms with Gasteiger partial charge < -0.3 is 10.3 Å². The van der Waals surface area contributed by atoms with E-state index in [9.17, 15) is 4.79 Å². The number of carbonyl (C=O) groups excluding carboxylic acids is 1. The first kappa shape index (κ1) is 17.4. The maximum atomic E-state index is 10.9. The normalized spacial score (nSPS) is 10.2. The first-order valence-corrected chi connectivity index (χ1v) is 8.39. The number of carbonyl (C=O) groups is 1. The molecular weight excluding hydrogens is 322 g/mol. The number of amides is 1. The van der Waals surface area contributed by atoms with Gasteiger partial charge in [-0.3, -0.25) is 4.79 Å². The van der Waals surface area contributed by atoms with E-state index in [0.29, 0.717) is 5.56 Å². The van der Waals surface area contributed by atoms with Crippen molar-refractivity contribution in [2.75, 3.05) is 0 Å². The van der Waals surface area contributed by atoms with Gasteiger partial charge in [0, 0.05) is 12.6 Å². The number of imidazole rings is 1. The SMILES string of the molecule is Cc1nc2ccccc2n1C.NC(=O)c1ccc(-c2ccccc2)cc1. The maximum absolute atomic E-state index is 10.9. The van der Waals surface area contributed by atoms with Gasteiger partial charge in [0.15, 0.2) is 0 Å². The molecule has 0 saturated carbocycles.